The Labute approximate surface area is 163 Å². The Morgan fingerprint density at radius 1 is 1.36 bits per heavy atom. The van der Waals surface area contributed by atoms with Crippen LogP contribution in [0.15, 0.2) is 18.2 Å². The highest BCUT2D eigenvalue weighted by Gasteiger charge is 2.68. The third kappa shape index (κ3) is 3.30. The van der Waals surface area contributed by atoms with Gasteiger partial charge in [-0.25, -0.2) is 9.59 Å². The van der Waals surface area contributed by atoms with Gasteiger partial charge in [0.15, 0.2) is 0 Å². The Morgan fingerprint density at radius 3 is 2.54 bits per heavy atom. The highest BCUT2D eigenvalue weighted by Crippen LogP contribution is 2.47. The molecule has 1 saturated carbocycles. The minimum atomic E-state index is -1.91. The van der Waals surface area contributed by atoms with Gasteiger partial charge in [0.05, 0.1) is 5.54 Å². The van der Waals surface area contributed by atoms with Crippen LogP contribution in [0.25, 0.3) is 0 Å². The highest BCUT2D eigenvalue weighted by atomic mass is 16.5. The second-order valence-corrected chi connectivity index (χ2v) is 7.49. The van der Waals surface area contributed by atoms with Crippen LogP contribution in [0.4, 0.5) is 4.79 Å². The molecule has 0 spiro atoms. The van der Waals surface area contributed by atoms with Crippen LogP contribution in [0, 0.1) is 6.92 Å². The average molecular weight is 395 g/mol. The maximum absolute atomic E-state index is 12.4. The summed E-state index contributed by atoms with van der Waals surface area (Å²) in [6.45, 7) is 4.17. The largest absolute Gasteiger partial charge is 0.507 e. The maximum atomic E-state index is 12.4. The van der Waals surface area contributed by atoms with E-state index >= 15 is 0 Å². The summed E-state index contributed by atoms with van der Waals surface area (Å²) < 4.78 is 5.24. The number of nitrogens with one attached hydrogen (secondary N) is 2. The number of aromatic hydroxyl groups is 1. The summed E-state index contributed by atoms with van der Waals surface area (Å²) in [5.41, 5.74) is 1.56. The van der Waals surface area contributed by atoms with E-state index in [-0.39, 0.29) is 24.2 Å². The number of esters is 1. The Bertz CT molecular complexity index is 748. The van der Waals surface area contributed by atoms with Gasteiger partial charge in [-0.2, -0.15) is 0 Å². The molecule has 0 aromatic heterocycles. The van der Waals surface area contributed by atoms with E-state index in [1.54, 1.807) is 26.0 Å². The molecule has 1 aromatic rings. The minimum Gasteiger partial charge on any atom is -0.507 e. The SMILES string of the molecule is CC[C@]1(NC(=O)NC)[C@@H](N)C[C@](O)(COC(=O)c2c(C)cccc2O)[C@]1(C)O. The fraction of sp³-hybridized carbons (Fsp3) is 0.579. The molecule has 0 radical (unpaired) electrons. The van der Waals surface area contributed by atoms with E-state index in [9.17, 15) is 24.9 Å². The summed E-state index contributed by atoms with van der Waals surface area (Å²) in [6.07, 6.45) is 0.133. The first-order valence-corrected chi connectivity index (χ1v) is 9.11. The van der Waals surface area contributed by atoms with E-state index < -0.39 is 41.4 Å². The van der Waals surface area contributed by atoms with Gasteiger partial charge >= 0.3 is 12.0 Å². The molecular formula is C19H29N3O6. The molecule has 2 amide bonds. The molecule has 156 valence electrons. The van der Waals surface area contributed by atoms with E-state index in [2.05, 4.69) is 10.6 Å². The number of rotatable bonds is 5. The third-order valence-electron chi connectivity index (χ3n) is 5.98. The predicted octanol–water partition coefficient (Wildman–Crippen LogP) is 0.148. The summed E-state index contributed by atoms with van der Waals surface area (Å²) in [6, 6.07) is 3.25. The molecule has 9 heteroatoms. The number of urea groups is 1. The van der Waals surface area contributed by atoms with Crippen molar-refractivity contribution in [3.05, 3.63) is 29.3 Å². The summed E-state index contributed by atoms with van der Waals surface area (Å²) >= 11 is 0. The lowest BCUT2D eigenvalue weighted by molar-refractivity contribution is -0.169. The molecule has 0 heterocycles. The number of aliphatic hydroxyl groups is 2. The Morgan fingerprint density at radius 2 is 2.00 bits per heavy atom. The molecule has 0 unspecified atom stereocenters. The Balaban J connectivity index is 2.28. The standard InChI is InChI=1S/C19H29N3O6/c1-5-19(22-16(25)21-4)13(20)9-18(27,17(19,3)26)10-28-15(24)14-11(2)7-6-8-12(14)23/h6-8,13,23,26-27H,5,9-10,20H2,1-4H3,(H2,21,22,25)/t13-,17-,18-,19-/m0/s1. The van der Waals surface area contributed by atoms with Gasteiger partial charge in [-0.3, -0.25) is 0 Å². The smallest absolute Gasteiger partial charge is 0.342 e. The number of phenolic OH excluding ortho intramolecular Hbond substituents is 1. The first-order chi connectivity index (χ1) is 13.0. The van der Waals surface area contributed by atoms with Crippen LogP contribution in [0.3, 0.4) is 0 Å². The van der Waals surface area contributed by atoms with Gasteiger partial charge in [-0.05, 0) is 38.3 Å². The lowest BCUT2D eigenvalue weighted by Gasteiger charge is -2.46. The fourth-order valence-electron chi connectivity index (χ4n) is 4.06. The van der Waals surface area contributed by atoms with Crippen LogP contribution in [0.1, 0.15) is 42.6 Å². The molecule has 28 heavy (non-hydrogen) atoms. The van der Waals surface area contributed by atoms with Gasteiger partial charge < -0.3 is 36.4 Å². The van der Waals surface area contributed by atoms with Crippen molar-refractivity contribution in [3.63, 3.8) is 0 Å². The molecule has 1 fully saturated rings. The van der Waals surface area contributed by atoms with Crippen molar-refractivity contribution in [3.8, 4) is 5.75 Å². The summed E-state index contributed by atoms with van der Waals surface area (Å²) in [4.78, 5) is 24.4. The number of hydrogen-bond acceptors (Lipinski definition) is 7. The molecule has 0 saturated heterocycles. The number of ether oxygens (including phenoxy) is 1. The van der Waals surface area contributed by atoms with Gasteiger partial charge in [0.1, 0.15) is 29.1 Å². The molecular weight excluding hydrogens is 366 g/mol. The van der Waals surface area contributed by atoms with Gasteiger partial charge in [0, 0.05) is 13.1 Å². The van der Waals surface area contributed by atoms with Crippen molar-refractivity contribution >= 4 is 12.0 Å². The molecule has 0 bridgehead atoms. The van der Waals surface area contributed by atoms with Crippen LogP contribution in [0.5, 0.6) is 5.75 Å². The van der Waals surface area contributed by atoms with Gasteiger partial charge in [0.2, 0.25) is 0 Å². The van der Waals surface area contributed by atoms with Crippen molar-refractivity contribution in [2.75, 3.05) is 13.7 Å². The van der Waals surface area contributed by atoms with Crippen molar-refractivity contribution in [1.29, 1.82) is 0 Å². The minimum absolute atomic E-state index is 0.0155. The van der Waals surface area contributed by atoms with E-state index in [4.69, 9.17) is 10.5 Å². The average Bonchev–Trinajstić information content (AvgIpc) is 2.77. The van der Waals surface area contributed by atoms with Crippen molar-refractivity contribution in [2.45, 2.75) is 56.4 Å². The third-order valence-corrected chi connectivity index (χ3v) is 5.98. The number of carbonyl (C=O) groups is 2. The van der Waals surface area contributed by atoms with Crippen LogP contribution < -0.4 is 16.4 Å². The van der Waals surface area contributed by atoms with Gasteiger partial charge in [0.25, 0.3) is 0 Å². The zero-order chi connectivity index (χ0) is 21.3. The van der Waals surface area contributed by atoms with Crippen LogP contribution >= 0.6 is 0 Å². The molecule has 4 atom stereocenters. The van der Waals surface area contributed by atoms with Gasteiger partial charge in [-0.1, -0.05) is 19.1 Å². The van der Waals surface area contributed by atoms with Gasteiger partial charge in [-0.15, -0.1) is 0 Å². The normalized spacial score (nSPS) is 32.0. The van der Waals surface area contributed by atoms with Crippen molar-refractivity contribution in [2.24, 2.45) is 5.73 Å². The molecule has 9 nitrogen and oxygen atoms in total. The van der Waals surface area contributed by atoms with E-state index in [0.717, 1.165) is 0 Å². The number of carbonyl (C=O) groups excluding carboxylic acids is 2. The number of benzene rings is 1. The first kappa shape index (κ1) is 21.9. The zero-order valence-corrected chi connectivity index (χ0v) is 16.6. The summed E-state index contributed by atoms with van der Waals surface area (Å²) in [5.74, 6) is -1.07. The van der Waals surface area contributed by atoms with Crippen LogP contribution in [-0.4, -0.2) is 63.8 Å². The Hall–Kier alpha value is -2.36. The second kappa shape index (κ2) is 7.57. The van der Waals surface area contributed by atoms with E-state index in [1.807, 2.05) is 0 Å². The number of phenols is 1. The maximum Gasteiger partial charge on any atom is 0.342 e. The highest BCUT2D eigenvalue weighted by molar-refractivity contribution is 5.94. The monoisotopic (exact) mass is 395 g/mol. The summed E-state index contributed by atoms with van der Waals surface area (Å²) in [7, 11) is 1.43. The predicted molar refractivity (Wildman–Crippen MR) is 102 cm³/mol. The zero-order valence-electron chi connectivity index (χ0n) is 16.6. The molecule has 0 aliphatic heterocycles. The number of hydrogen-bond donors (Lipinski definition) is 6. The molecule has 1 aliphatic rings. The lowest BCUT2D eigenvalue weighted by atomic mass is 9.75. The van der Waals surface area contributed by atoms with E-state index in [0.29, 0.717) is 5.56 Å². The topological polar surface area (TPSA) is 154 Å². The van der Waals surface area contributed by atoms with Crippen molar-refractivity contribution in [1.82, 2.24) is 10.6 Å². The number of amides is 2. The quantitative estimate of drug-likeness (QED) is 0.388. The Kier molecular flexibility index (Phi) is 5.93. The summed E-state index contributed by atoms with van der Waals surface area (Å²) in [5, 5.41) is 37.3. The molecule has 7 N–H and O–H groups in total. The second-order valence-electron chi connectivity index (χ2n) is 7.49. The van der Waals surface area contributed by atoms with Crippen molar-refractivity contribution < 1.29 is 29.6 Å². The molecule has 1 aromatic carbocycles. The number of aryl methyl sites for hydroxylation is 1. The fourth-order valence-corrected chi connectivity index (χ4v) is 4.06. The number of nitrogens with two attached hydrogens (primary N) is 1. The molecule has 1 aliphatic carbocycles. The lowest BCUT2D eigenvalue weighted by Crippen LogP contribution is -2.72. The molecule has 2 rings (SSSR count). The first-order valence-electron chi connectivity index (χ1n) is 9.11. The van der Waals surface area contributed by atoms with E-state index in [1.165, 1.54) is 20.0 Å². The van der Waals surface area contributed by atoms with Crippen LogP contribution in [0.2, 0.25) is 0 Å². The van der Waals surface area contributed by atoms with Crippen LogP contribution in [-0.2, 0) is 4.74 Å².